The lowest BCUT2D eigenvalue weighted by Gasteiger charge is -2.06. The number of methoxy groups -OCH3 is 1. The third kappa shape index (κ3) is 5.41. The quantitative estimate of drug-likeness (QED) is 0.431. The standard InChI is InChI=1S/C17H19NO4S/c1-21-14-9-7-13(8-10-14)17(15-5-4-12-23-15)18-22-11-3-2-6-16(19)20/h4-5,7-10,12H,2-3,6,11H2,1H3,(H,19,20)/b18-17-. The highest BCUT2D eigenvalue weighted by Crippen LogP contribution is 2.19. The molecule has 0 unspecified atom stereocenters. The molecule has 0 fully saturated rings. The van der Waals surface area contributed by atoms with Crippen LogP contribution in [0.25, 0.3) is 0 Å². The van der Waals surface area contributed by atoms with Crippen molar-refractivity contribution >= 4 is 23.0 Å². The van der Waals surface area contributed by atoms with E-state index < -0.39 is 5.97 Å². The van der Waals surface area contributed by atoms with Gasteiger partial charge in [0.2, 0.25) is 0 Å². The monoisotopic (exact) mass is 333 g/mol. The lowest BCUT2D eigenvalue weighted by Crippen LogP contribution is -2.03. The number of hydrogen-bond acceptors (Lipinski definition) is 5. The van der Waals surface area contributed by atoms with Crippen LogP contribution in [0.3, 0.4) is 0 Å². The Morgan fingerprint density at radius 2 is 2.00 bits per heavy atom. The van der Waals surface area contributed by atoms with E-state index in [1.54, 1.807) is 18.4 Å². The summed E-state index contributed by atoms with van der Waals surface area (Å²) in [6.07, 6.45) is 1.40. The highest BCUT2D eigenvalue weighted by Gasteiger charge is 2.09. The zero-order valence-corrected chi connectivity index (χ0v) is 13.7. The van der Waals surface area contributed by atoms with Crippen LogP contribution in [0.4, 0.5) is 0 Å². The SMILES string of the molecule is COc1ccc(/C(=N/OCCCCC(=O)O)c2cccs2)cc1. The third-order valence-corrected chi connectivity index (χ3v) is 4.03. The Balaban J connectivity index is 2.02. The number of carboxylic acids is 1. The predicted octanol–water partition coefficient (Wildman–Crippen LogP) is 3.78. The first-order chi connectivity index (χ1) is 11.2. The molecule has 0 saturated heterocycles. The lowest BCUT2D eigenvalue weighted by atomic mass is 10.1. The average Bonchev–Trinajstić information content (AvgIpc) is 3.08. The highest BCUT2D eigenvalue weighted by molar-refractivity contribution is 7.12. The van der Waals surface area contributed by atoms with Gasteiger partial charge >= 0.3 is 5.97 Å². The van der Waals surface area contributed by atoms with Crippen molar-refractivity contribution in [1.29, 1.82) is 0 Å². The van der Waals surface area contributed by atoms with Crippen molar-refractivity contribution in [1.82, 2.24) is 0 Å². The second-order valence-corrected chi connectivity index (χ2v) is 5.78. The minimum Gasteiger partial charge on any atom is -0.497 e. The Hall–Kier alpha value is -2.34. The van der Waals surface area contributed by atoms with Crippen molar-refractivity contribution in [3.8, 4) is 5.75 Å². The van der Waals surface area contributed by atoms with Gasteiger partial charge in [-0.3, -0.25) is 4.79 Å². The fourth-order valence-corrected chi connectivity index (χ4v) is 2.68. The van der Waals surface area contributed by atoms with Crippen molar-refractivity contribution in [3.05, 3.63) is 52.2 Å². The van der Waals surface area contributed by atoms with Gasteiger partial charge in [0.1, 0.15) is 18.1 Å². The van der Waals surface area contributed by atoms with Crippen LogP contribution < -0.4 is 4.74 Å². The molecule has 0 saturated carbocycles. The van der Waals surface area contributed by atoms with Crippen LogP contribution in [-0.2, 0) is 9.63 Å². The van der Waals surface area contributed by atoms with Gasteiger partial charge in [-0.25, -0.2) is 0 Å². The van der Waals surface area contributed by atoms with Crippen molar-refractivity contribution in [3.63, 3.8) is 0 Å². The van der Waals surface area contributed by atoms with Gasteiger partial charge in [-0.15, -0.1) is 11.3 Å². The smallest absolute Gasteiger partial charge is 0.303 e. The van der Waals surface area contributed by atoms with Gasteiger partial charge in [-0.05, 0) is 48.6 Å². The van der Waals surface area contributed by atoms with Gasteiger partial charge in [-0.2, -0.15) is 0 Å². The second kappa shape index (κ2) is 8.95. The molecule has 5 nitrogen and oxygen atoms in total. The van der Waals surface area contributed by atoms with Crippen LogP contribution in [0, 0.1) is 0 Å². The summed E-state index contributed by atoms with van der Waals surface area (Å²) < 4.78 is 5.17. The van der Waals surface area contributed by atoms with E-state index in [0.717, 1.165) is 21.9 Å². The van der Waals surface area contributed by atoms with Crippen LogP contribution in [0.15, 0.2) is 46.9 Å². The molecule has 0 aliphatic heterocycles. The summed E-state index contributed by atoms with van der Waals surface area (Å²) in [5.74, 6) is -0.000114. The molecular weight excluding hydrogens is 314 g/mol. The lowest BCUT2D eigenvalue weighted by molar-refractivity contribution is -0.137. The molecule has 122 valence electrons. The number of thiophene rings is 1. The normalized spacial score (nSPS) is 11.3. The van der Waals surface area contributed by atoms with Crippen LogP contribution in [0.5, 0.6) is 5.75 Å². The van der Waals surface area contributed by atoms with Gasteiger partial charge in [0, 0.05) is 12.0 Å². The molecular formula is C17H19NO4S. The molecule has 0 amide bonds. The molecule has 0 bridgehead atoms. The minimum atomic E-state index is -0.786. The maximum Gasteiger partial charge on any atom is 0.303 e. The average molecular weight is 333 g/mol. The van der Waals surface area contributed by atoms with E-state index in [1.807, 2.05) is 41.8 Å². The van der Waals surface area contributed by atoms with Crippen LogP contribution in [0.2, 0.25) is 0 Å². The summed E-state index contributed by atoms with van der Waals surface area (Å²) in [4.78, 5) is 16.9. The second-order valence-electron chi connectivity index (χ2n) is 4.83. The molecule has 2 rings (SSSR count). The number of nitrogens with zero attached hydrogens (tertiary/aromatic N) is 1. The molecule has 23 heavy (non-hydrogen) atoms. The number of unbranched alkanes of at least 4 members (excludes halogenated alkanes) is 1. The zero-order valence-electron chi connectivity index (χ0n) is 12.9. The highest BCUT2D eigenvalue weighted by atomic mass is 32.1. The van der Waals surface area contributed by atoms with Crippen LogP contribution >= 0.6 is 11.3 Å². The molecule has 1 N–H and O–H groups in total. The Morgan fingerprint density at radius 3 is 2.61 bits per heavy atom. The van der Waals surface area contributed by atoms with Gasteiger partial charge < -0.3 is 14.7 Å². The van der Waals surface area contributed by atoms with E-state index >= 15 is 0 Å². The Bertz CT molecular complexity index is 635. The van der Waals surface area contributed by atoms with E-state index in [0.29, 0.717) is 19.4 Å². The fourth-order valence-electron chi connectivity index (χ4n) is 1.96. The Labute approximate surface area is 139 Å². The van der Waals surface area contributed by atoms with Gasteiger partial charge in [0.15, 0.2) is 0 Å². The molecule has 0 radical (unpaired) electrons. The number of ether oxygens (including phenoxy) is 1. The van der Waals surface area contributed by atoms with E-state index in [2.05, 4.69) is 5.16 Å². The Morgan fingerprint density at radius 1 is 1.22 bits per heavy atom. The molecule has 1 heterocycles. The molecule has 6 heteroatoms. The maximum atomic E-state index is 10.5. The number of rotatable bonds is 9. The van der Waals surface area contributed by atoms with Gasteiger partial charge in [0.25, 0.3) is 0 Å². The number of aliphatic carboxylic acids is 1. The third-order valence-electron chi connectivity index (χ3n) is 3.15. The number of carbonyl (C=O) groups is 1. The largest absolute Gasteiger partial charge is 0.497 e. The van der Waals surface area contributed by atoms with Crippen LogP contribution in [0.1, 0.15) is 29.7 Å². The number of hydrogen-bond donors (Lipinski definition) is 1. The first-order valence-corrected chi connectivity index (χ1v) is 8.18. The fraction of sp³-hybridized carbons (Fsp3) is 0.294. The molecule has 1 aromatic heterocycles. The van der Waals surface area contributed by atoms with Crippen LogP contribution in [-0.4, -0.2) is 30.5 Å². The van der Waals surface area contributed by atoms with E-state index in [1.165, 1.54) is 0 Å². The number of oxime groups is 1. The summed E-state index contributed by atoms with van der Waals surface area (Å²) in [7, 11) is 1.63. The molecule has 0 atom stereocenters. The molecule has 2 aromatic rings. The number of carboxylic acid groups (broad SMARTS) is 1. The summed E-state index contributed by atoms with van der Waals surface area (Å²) in [6.45, 7) is 0.401. The van der Waals surface area contributed by atoms with Crippen molar-refractivity contribution in [2.24, 2.45) is 5.16 Å². The topological polar surface area (TPSA) is 68.1 Å². The summed E-state index contributed by atoms with van der Waals surface area (Å²) in [6, 6.07) is 11.6. The zero-order chi connectivity index (χ0) is 16.5. The van der Waals surface area contributed by atoms with E-state index in [-0.39, 0.29) is 6.42 Å². The van der Waals surface area contributed by atoms with Crippen molar-refractivity contribution < 1.29 is 19.5 Å². The molecule has 0 aliphatic rings. The summed E-state index contributed by atoms with van der Waals surface area (Å²) >= 11 is 1.59. The van der Waals surface area contributed by atoms with Crippen molar-refractivity contribution in [2.45, 2.75) is 19.3 Å². The summed E-state index contributed by atoms with van der Waals surface area (Å²) in [5.41, 5.74) is 1.71. The molecule has 0 aliphatic carbocycles. The van der Waals surface area contributed by atoms with E-state index in [9.17, 15) is 4.79 Å². The Kier molecular flexibility index (Phi) is 6.62. The van der Waals surface area contributed by atoms with Gasteiger partial charge in [0.05, 0.1) is 12.0 Å². The molecule has 0 spiro atoms. The van der Waals surface area contributed by atoms with E-state index in [4.69, 9.17) is 14.7 Å². The number of benzene rings is 1. The van der Waals surface area contributed by atoms with Crippen molar-refractivity contribution in [2.75, 3.05) is 13.7 Å². The first-order valence-electron chi connectivity index (χ1n) is 7.31. The maximum absolute atomic E-state index is 10.5. The predicted molar refractivity (Wildman–Crippen MR) is 90.4 cm³/mol. The molecule has 1 aromatic carbocycles. The minimum absolute atomic E-state index is 0.156. The van der Waals surface area contributed by atoms with Gasteiger partial charge in [-0.1, -0.05) is 11.2 Å². The summed E-state index contributed by atoms with van der Waals surface area (Å²) in [5, 5.41) is 14.8. The first kappa shape index (κ1) is 17.0.